The Morgan fingerprint density at radius 1 is 1.21 bits per heavy atom. The number of aromatic nitrogens is 2. The molecule has 0 bridgehead atoms. The monoisotopic (exact) mass is 410 g/mol. The van der Waals surface area contributed by atoms with Crippen molar-refractivity contribution in [1.82, 2.24) is 9.55 Å². The molecule has 1 fully saturated rings. The molecule has 0 unspecified atom stereocenters. The smallest absolute Gasteiger partial charge is 0.305 e. The van der Waals surface area contributed by atoms with Crippen LogP contribution in [0.4, 0.5) is 10.8 Å². The van der Waals surface area contributed by atoms with Gasteiger partial charge in [-0.15, -0.1) is 11.3 Å². The highest BCUT2D eigenvalue weighted by atomic mass is 32.1. The molecule has 150 valence electrons. The lowest BCUT2D eigenvalue weighted by Gasteiger charge is -2.25. The van der Waals surface area contributed by atoms with Gasteiger partial charge in [0, 0.05) is 30.4 Å². The summed E-state index contributed by atoms with van der Waals surface area (Å²) in [6, 6.07) is 13.9. The van der Waals surface area contributed by atoms with E-state index in [1.165, 1.54) is 17.0 Å². The first-order valence-corrected chi connectivity index (χ1v) is 10.4. The number of anilines is 2. The molecule has 0 radical (unpaired) electrons. The summed E-state index contributed by atoms with van der Waals surface area (Å²) >= 11 is 1.41. The van der Waals surface area contributed by atoms with E-state index in [0.717, 1.165) is 25.1 Å². The number of nitrogens with one attached hydrogen (secondary N) is 1. The maximum atomic E-state index is 12.6. The quantitative estimate of drug-likeness (QED) is 0.614. The van der Waals surface area contributed by atoms with Gasteiger partial charge in [0.25, 0.3) is 5.91 Å². The Morgan fingerprint density at radius 3 is 2.83 bits per heavy atom. The minimum Gasteiger partial charge on any atom is -0.481 e. The van der Waals surface area contributed by atoms with E-state index in [-0.39, 0.29) is 24.9 Å². The van der Waals surface area contributed by atoms with Crippen LogP contribution in [0.25, 0.3) is 0 Å². The van der Waals surface area contributed by atoms with Gasteiger partial charge in [-0.3, -0.25) is 14.9 Å². The molecule has 8 heteroatoms. The largest absolute Gasteiger partial charge is 0.481 e. The number of hydrogen-bond donors (Lipinski definition) is 2. The van der Waals surface area contributed by atoms with Gasteiger partial charge in [0.1, 0.15) is 5.69 Å². The minimum atomic E-state index is -0.894. The summed E-state index contributed by atoms with van der Waals surface area (Å²) in [4.78, 5) is 30.5. The molecule has 2 N–H and O–H groups in total. The van der Waals surface area contributed by atoms with Crippen LogP contribution in [0.3, 0.4) is 0 Å². The van der Waals surface area contributed by atoms with Crippen molar-refractivity contribution >= 4 is 34.0 Å². The summed E-state index contributed by atoms with van der Waals surface area (Å²) in [5.41, 5.74) is 2.58. The van der Waals surface area contributed by atoms with Gasteiger partial charge in [-0.05, 0) is 37.1 Å². The molecule has 0 saturated carbocycles. The Labute approximate surface area is 172 Å². The SMILES string of the molecule is O=C(O)CCn1cccc1C(=O)Nc1nc([C@H]2CCCN2c2ccccc2)cs1. The Bertz CT molecular complexity index is 998. The molecular formula is C21H22N4O3S. The molecule has 1 saturated heterocycles. The first-order valence-electron chi connectivity index (χ1n) is 9.57. The van der Waals surface area contributed by atoms with E-state index < -0.39 is 5.97 Å². The zero-order valence-corrected chi connectivity index (χ0v) is 16.6. The van der Waals surface area contributed by atoms with Crippen molar-refractivity contribution in [1.29, 1.82) is 0 Å². The summed E-state index contributed by atoms with van der Waals surface area (Å²) in [5.74, 6) is -1.18. The number of carbonyl (C=O) groups is 2. The molecule has 1 aliphatic heterocycles. The number of para-hydroxylation sites is 1. The van der Waals surface area contributed by atoms with E-state index in [2.05, 4.69) is 27.3 Å². The van der Waals surface area contributed by atoms with Crippen molar-refractivity contribution in [2.24, 2.45) is 0 Å². The molecular weight excluding hydrogens is 388 g/mol. The van der Waals surface area contributed by atoms with E-state index in [0.29, 0.717) is 10.8 Å². The molecule has 3 heterocycles. The number of rotatable bonds is 7. The van der Waals surface area contributed by atoms with Crippen molar-refractivity contribution in [2.45, 2.75) is 31.8 Å². The Morgan fingerprint density at radius 2 is 2.03 bits per heavy atom. The highest BCUT2D eigenvalue weighted by molar-refractivity contribution is 7.14. The normalized spacial score (nSPS) is 16.1. The number of thiazole rings is 1. The van der Waals surface area contributed by atoms with Crippen molar-refractivity contribution in [3.63, 3.8) is 0 Å². The molecule has 0 aliphatic carbocycles. The number of carboxylic acids is 1. The Kier molecular flexibility index (Phi) is 5.62. The van der Waals surface area contributed by atoms with Crippen LogP contribution in [0.1, 0.15) is 41.5 Å². The van der Waals surface area contributed by atoms with Crippen LogP contribution >= 0.6 is 11.3 Å². The van der Waals surface area contributed by atoms with E-state index in [4.69, 9.17) is 5.11 Å². The number of aliphatic carboxylic acids is 1. The van der Waals surface area contributed by atoms with E-state index >= 15 is 0 Å². The summed E-state index contributed by atoms with van der Waals surface area (Å²) in [7, 11) is 0. The maximum absolute atomic E-state index is 12.6. The second kappa shape index (κ2) is 8.48. The van der Waals surface area contributed by atoms with Crippen molar-refractivity contribution in [3.05, 3.63) is 65.4 Å². The fourth-order valence-electron chi connectivity index (χ4n) is 3.69. The summed E-state index contributed by atoms with van der Waals surface area (Å²) < 4.78 is 1.64. The minimum absolute atomic E-state index is 0.0344. The summed E-state index contributed by atoms with van der Waals surface area (Å²) in [6.07, 6.45) is 3.81. The molecule has 1 atom stereocenters. The molecule has 7 nitrogen and oxygen atoms in total. The lowest BCUT2D eigenvalue weighted by molar-refractivity contribution is -0.137. The molecule has 2 aromatic heterocycles. The average molecular weight is 410 g/mol. The van der Waals surface area contributed by atoms with Crippen LogP contribution in [0.15, 0.2) is 54.0 Å². The van der Waals surface area contributed by atoms with Gasteiger partial charge in [0.2, 0.25) is 0 Å². The maximum Gasteiger partial charge on any atom is 0.305 e. The predicted octanol–water partition coefficient (Wildman–Crippen LogP) is 4.01. The standard InChI is InChI=1S/C21H22N4O3S/c26-19(27)10-13-24-11-4-9-18(24)20(28)23-21-22-16(14-29-21)17-8-5-12-25(17)15-6-2-1-3-7-15/h1-4,6-7,9,11,14,17H,5,8,10,12-13H2,(H,26,27)(H,22,23,28)/t17-/m1/s1. The summed E-state index contributed by atoms with van der Waals surface area (Å²) in [6.45, 7) is 1.24. The first-order chi connectivity index (χ1) is 14.1. The highest BCUT2D eigenvalue weighted by Gasteiger charge is 2.28. The van der Waals surface area contributed by atoms with Gasteiger partial charge < -0.3 is 14.6 Å². The molecule has 29 heavy (non-hydrogen) atoms. The number of carboxylic acid groups (broad SMARTS) is 1. The van der Waals surface area contributed by atoms with Gasteiger partial charge in [-0.25, -0.2) is 4.98 Å². The van der Waals surface area contributed by atoms with E-state index in [1.54, 1.807) is 22.9 Å². The molecule has 4 rings (SSSR count). The zero-order valence-electron chi connectivity index (χ0n) is 15.8. The fourth-order valence-corrected chi connectivity index (χ4v) is 4.44. The van der Waals surface area contributed by atoms with Crippen LogP contribution in [0.2, 0.25) is 0 Å². The van der Waals surface area contributed by atoms with E-state index in [9.17, 15) is 9.59 Å². The van der Waals surface area contributed by atoms with Gasteiger partial charge in [0.15, 0.2) is 5.13 Å². The lowest BCUT2D eigenvalue weighted by Crippen LogP contribution is -2.22. The topological polar surface area (TPSA) is 87.5 Å². The number of amides is 1. The average Bonchev–Trinajstić information content (AvgIpc) is 3.46. The zero-order chi connectivity index (χ0) is 20.2. The first kappa shape index (κ1) is 19.2. The van der Waals surface area contributed by atoms with Crippen molar-refractivity contribution < 1.29 is 14.7 Å². The summed E-state index contributed by atoms with van der Waals surface area (Å²) in [5, 5.41) is 14.3. The number of hydrogen-bond acceptors (Lipinski definition) is 5. The van der Waals surface area contributed by atoms with Crippen molar-refractivity contribution in [3.8, 4) is 0 Å². The number of carbonyl (C=O) groups excluding carboxylic acids is 1. The number of aryl methyl sites for hydroxylation is 1. The lowest BCUT2D eigenvalue weighted by atomic mass is 10.1. The molecule has 1 aliphatic rings. The van der Waals surface area contributed by atoms with Crippen LogP contribution in [0.5, 0.6) is 0 Å². The van der Waals surface area contributed by atoms with E-state index in [1.807, 2.05) is 23.6 Å². The molecule has 1 amide bonds. The predicted molar refractivity (Wildman–Crippen MR) is 113 cm³/mol. The third kappa shape index (κ3) is 4.32. The Hall–Kier alpha value is -3.13. The van der Waals surface area contributed by atoms with Gasteiger partial charge >= 0.3 is 5.97 Å². The fraction of sp³-hybridized carbons (Fsp3) is 0.286. The van der Waals surface area contributed by atoms with Crippen molar-refractivity contribution in [2.75, 3.05) is 16.8 Å². The van der Waals surface area contributed by atoms with Crippen LogP contribution in [-0.4, -0.2) is 33.1 Å². The third-order valence-electron chi connectivity index (χ3n) is 5.05. The van der Waals surface area contributed by atoms with Crippen LogP contribution in [0, 0.1) is 0 Å². The Balaban J connectivity index is 1.45. The highest BCUT2D eigenvalue weighted by Crippen LogP contribution is 2.37. The number of nitrogens with zero attached hydrogens (tertiary/aromatic N) is 3. The second-order valence-electron chi connectivity index (χ2n) is 6.95. The third-order valence-corrected chi connectivity index (χ3v) is 5.83. The molecule has 1 aromatic carbocycles. The molecule has 3 aromatic rings. The second-order valence-corrected chi connectivity index (χ2v) is 7.81. The van der Waals surface area contributed by atoms with Crippen LogP contribution < -0.4 is 10.2 Å². The van der Waals surface area contributed by atoms with Crippen LogP contribution in [-0.2, 0) is 11.3 Å². The van der Waals surface area contributed by atoms with Gasteiger partial charge in [-0.2, -0.15) is 0 Å². The van der Waals surface area contributed by atoms with Gasteiger partial charge in [-0.1, -0.05) is 18.2 Å². The molecule has 0 spiro atoms. The van der Waals surface area contributed by atoms with Gasteiger partial charge in [0.05, 0.1) is 18.2 Å². The number of benzene rings is 1.